The van der Waals surface area contributed by atoms with Gasteiger partial charge in [0.25, 0.3) is 0 Å². The minimum Gasteiger partial charge on any atom is -0.440 e. The van der Waals surface area contributed by atoms with Gasteiger partial charge in [0.2, 0.25) is 0 Å². The van der Waals surface area contributed by atoms with Gasteiger partial charge in [0, 0.05) is 0 Å². The fraction of sp³-hybridized carbons (Fsp3) is 0.265. The van der Waals surface area contributed by atoms with Crippen molar-refractivity contribution in [3.05, 3.63) is 182 Å². The van der Waals surface area contributed by atoms with Crippen LogP contribution in [0, 0.1) is 0 Å². The van der Waals surface area contributed by atoms with Crippen LogP contribution in [0.25, 0.3) is 0 Å². The minimum absolute atomic E-state index is 0.0183. The van der Waals surface area contributed by atoms with E-state index in [0.29, 0.717) is 10.4 Å². The van der Waals surface area contributed by atoms with Crippen molar-refractivity contribution >= 4 is 99.8 Å². The van der Waals surface area contributed by atoms with Gasteiger partial charge in [0.15, 0.2) is 14.5 Å². The number of hydrogen-bond acceptors (Lipinski definition) is 9. The summed E-state index contributed by atoms with van der Waals surface area (Å²) in [5.41, 5.74) is -2.33. The molecule has 0 heterocycles. The van der Waals surface area contributed by atoms with E-state index in [-0.39, 0.29) is 6.42 Å². The van der Waals surface area contributed by atoms with Gasteiger partial charge in [0.1, 0.15) is 0 Å². The fourth-order valence-electron chi connectivity index (χ4n) is 9.09. The van der Waals surface area contributed by atoms with E-state index in [9.17, 15) is 10.2 Å². The third-order valence-electron chi connectivity index (χ3n) is 11.0. The van der Waals surface area contributed by atoms with Crippen molar-refractivity contribution in [2.45, 2.75) is 84.2 Å². The largest absolute Gasteiger partial charge is 0.440 e. The summed E-state index contributed by atoms with van der Waals surface area (Å²) in [5.74, 6) is 0. The summed E-state index contributed by atoms with van der Waals surface area (Å²) in [5, 5.41) is 30.3. The predicted octanol–water partition coefficient (Wildman–Crippen LogP) is 6.80. The summed E-state index contributed by atoms with van der Waals surface area (Å²) in [6.45, 7) is 22.7. The van der Waals surface area contributed by atoms with Crippen LogP contribution in [0.1, 0.15) is 13.3 Å². The van der Waals surface area contributed by atoms with E-state index in [1.54, 1.807) is 6.92 Å². The van der Waals surface area contributed by atoms with Crippen LogP contribution in [0.5, 0.6) is 0 Å². The normalized spacial score (nSPS) is 13.5. The van der Waals surface area contributed by atoms with E-state index in [0.717, 1.165) is 20.7 Å². The Balaban J connectivity index is 1.65. The molecule has 0 aliphatic rings. The SMILES string of the molecule is CCC(O)(O)[Si](O[Si](O[Si](O[Si](C)(C)O[Si](C)(C)O[Si](C)(C)O[Si](C)(C)O[SiH](C)C)(c1ccccc1)c1ccccc1)(c1ccccc1)c1ccccc1)(c1ccccc1)c1ccccc1. The highest BCUT2D eigenvalue weighted by atomic mass is 28.5. The van der Waals surface area contributed by atoms with Crippen LogP contribution in [0.4, 0.5) is 0 Å². The molecular formula is C49H68O9Si8. The highest BCUT2D eigenvalue weighted by Crippen LogP contribution is 2.33. The van der Waals surface area contributed by atoms with Crippen LogP contribution in [-0.2, 0) is 28.8 Å². The Bertz CT molecular complexity index is 2300. The van der Waals surface area contributed by atoms with Crippen LogP contribution in [0.3, 0.4) is 0 Å². The zero-order chi connectivity index (χ0) is 47.9. The molecule has 9 nitrogen and oxygen atoms in total. The maximum Gasteiger partial charge on any atom is 0.389 e. The van der Waals surface area contributed by atoms with Crippen LogP contribution in [-0.4, -0.2) is 84.3 Å². The van der Waals surface area contributed by atoms with Gasteiger partial charge in [-0.25, -0.2) is 0 Å². The number of rotatable bonds is 22. The molecule has 0 aliphatic heterocycles. The Labute approximate surface area is 402 Å². The van der Waals surface area contributed by atoms with Gasteiger partial charge in [-0.1, -0.05) is 189 Å². The van der Waals surface area contributed by atoms with Crippen LogP contribution >= 0.6 is 0 Å². The molecule has 0 saturated heterocycles. The predicted molar refractivity (Wildman–Crippen MR) is 288 cm³/mol. The van der Waals surface area contributed by atoms with Crippen LogP contribution < -0.4 is 31.1 Å². The molecule has 6 aromatic carbocycles. The standard InChI is InChI=1S/C49H68O9Si8/c1-12-49(50,51)64(43-31-19-13-20-32-43,44-33-21-14-22-34-44)57-66(47-39-27-17-28-40-47,48-41-29-18-30-42-48)58-65(45-35-23-15-24-36-45,46-37-25-16-26-38-46)56-63(10,11)55-62(8,9)54-61(6,7)53-60(4,5)52-59(2)3/h13-42,50-51,59H,12H2,1-11H3. The van der Waals surface area contributed by atoms with Gasteiger partial charge in [0.05, 0.1) is 0 Å². The number of benzene rings is 6. The topological polar surface area (TPSA) is 105 Å². The molecule has 0 spiro atoms. The Hall–Kier alpha value is -3.30. The van der Waals surface area contributed by atoms with Crippen molar-refractivity contribution in [2.75, 3.05) is 0 Å². The monoisotopic (exact) mass is 1020 g/mol. The van der Waals surface area contributed by atoms with E-state index in [2.05, 4.69) is 89.7 Å². The van der Waals surface area contributed by atoms with E-state index >= 15 is 0 Å². The summed E-state index contributed by atoms with van der Waals surface area (Å²) in [4.78, 5) is 0. The molecule has 0 aromatic heterocycles. The molecule has 0 amide bonds. The molecule has 66 heavy (non-hydrogen) atoms. The molecular weight excluding hydrogens is 957 g/mol. The summed E-state index contributed by atoms with van der Waals surface area (Å²) >= 11 is 0. The van der Waals surface area contributed by atoms with Crippen LogP contribution in [0.2, 0.25) is 65.5 Å². The summed E-state index contributed by atoms with van der Waals surface area (Å²) in [7, 11) is -25.6. The lowest BCUT2D eigenvalue weighted by atomic mass is 10.4. The number of aliphatic hydroxyl groups is 2. The van der Waals surface area contributed by atoms with Crippen molar-refractivity contribution in [1.82, 2.24) is 0 Å². The van der Waals surface area contributed by atoms with Crippen molar-refractivity contribution in [3.63, 3.8) is 0 Å². The Kier molecular flexibility index (Phi) is 16.7. The van der Waals surface area contributed by atoms with Gasteiger partial charge < -0.3 is 39.0 Å². The highest BCUT2D eigenvalue weighted by molar-refractivity contribution is 7.12. The molecule has 17 heteroatoms. The van der Waals surface area contributed by atoms with Gasteiger partial charge in [-0.05, 0) is 103 Å². The highest BCUT2D eigenvalue weighted by Gasteiger charge is 2.65. The average molecular weight is 1030 g/mol. The first-order chi connectivity index (χ1) is 31.1. The lowest BCUT2D eigenvalue weighted by molar-refractivity contribution is -0.104. The zero-order valence-electron chi connectivity index (χ0n) is 40.4. The average Bonchev–Trinajstić information content (AvgIpc) is 3.27. The second-order valence-electron chi connectivity index (χ2n) is 18.7. The first kappa shape index (κ1) is 52.1. The molecule has 0 fully saturated rings. The first-order valence-electron chi connectivity index (χ1n) is 22.8. The Morgan fingerprint density at radius 1 is 0.364 bits per heavy atom. The molecule has 0 atom stereocenters. The molecule has 6 rings (SSSR count). The molecule has 0 radical (unpaired) electrons. The van der Waals surface area contributed by atoms with Gasteiger partial charge in [-0.15, -0.1) is 0 Å². The molecule has 2 N–H and O–H groups in total. The molecule has 6 aromatic rings. The Morgan fingerprint density at radius 3 is 0.909 bits per heavy atom. The zero-order valence-corrected chi connectivity index (χ0v) is 48.5. The second kappa shape index (κ2) is 21.1. The molecule has 0 saturated carbocycles. The number of hydrogen-bond donors (Lipinski definition) is 2. The Morgan fingerprint density at radius 2 is 0.621 bits per heavy atom. The summed E-state index contributed by atoms with van der Waals surface area (Å²) in [6, 6.07) is 59.7. The van der Waals surface area contributed by atoms with Crippen molar-refractivity contribution in [1.29, 1.82) is 0 Å². The van der Waals surface area contributed by atoms with E-state index in [1.165, 1.54) is 0 Å². The maximum atomic E-state index is 12.9. The maximum absolute atomic E-state index is 12.9. The van der Waals surface area contributed by atoms with E-state index in [1.807, 2.05) is 158 Å². The molecule has 0 aliphatic carbocycles. The van der Waals surface area contributed by atoms with Crippen molar-refractivity contribution in [3.8, 4) is 0 Å². The quantitative estimate of drug-likeness (QED) is 0.0562. The first-order valence-corrected chi connectivity index (χ1v) is 42.4. The third-order valence-corrected chi connectivity index (χ3v) is 42.9. The summed E-state index contributed by atoms with van der Waals surface area (Å²) in [6.07, 6.45) is -0.0183. The van der Waals surface area contributed by atoms with E-state index < -0.39 is 74.1 Å². The lowest BCUT2D eigenvalue weighted by Crippen LogP contribution is -2.85. The van der Waals surface area contributed by atoms with Crippen LogP contribution in [0.15, 0.2) is 182 Å². The molecule has 350 valence electrons. The summed E-state index contributed by atoms with van der Waals surface area (Å²) < 4.78 is 52.1. The lowest BCUT2D eigenvalue weighted by Gasteiger charge is -2.51. The second-order valence-corrected chi connectivity index (χ2v) is 45.9. The minimum atomic E-state index is -4.31. The molecule has 0 bridgehead atoms. The third kappa shape index (κ3) is 12.1. The van der Waals surface area contributed by atoms with Crippen molar-refractivity contribution in [2.24, 2.45) is 0 Å². The van der Waals surface area contributed by atoms with Gasteiger partial charge in [-0.3, -0.25) is 0 Å². The van der Waals surface area contributed by atoms with Crippen molar-refractivity contribution < 1.29 is 39.0 Å². The smallest absolute Gasteiger partial charge is 0.389 e. The van der Waals surface area contributed by atoms with E-state index in [4.69, 9.17) is 28.8 Å². The fourth-order valence-corrected chi connectivity index (χ4v) is 48.9. The van der Waals surface area contributed by atoms with Gasteiger partial charge >= 0.3 is 59.7 Å². The molecule has 0 unspecified atom stereocenters. The van der Waals surface area contributed by atoms with Gasteiger partial charge in [-0.2, -0.15) is 0 Å².